The number of fused-ring (bicyclic) bond motifs is 1. The van der Waals surface area contributed by atoms with Gasteiger partial charge in [-0.25, -0.2) is 0 Å². The Labute approximate surface area is 154 Å². The van der Waals surface area contributed by atoms with Crippen LogP contribution in [-0.2, 0) is 0 Å². The number of nitro benzene ring substituents is 1. The summed E-state index contributed by atoms with van der Waals surface area (Å²) in [6.45, 7) is 3.51. The van der Waals surface area contributed by atoms with Gasteiger partial charge < -0.3 is 9.73 Å². The van der Waals surface area contributed by atoms with Crippen molar-refractivity contribution in [2.24, 2.45) is 0 Å². The molecule has 2 aromatic carbocycles. The molecular formula is C18H15N3O4S. The van der Waals surface area contributed by atoms with E-state index in [1.807, 2.05) is 18.2 Å². The van der Waals surface area contributed by atoms with Crippen molar-refractivity contribution in [2.45, 2.75) is 13.8 Å². The van der Waals surface area contributed by atoms with Crippen molar-refractivity contribution in [1.29, 1.82) is 0 Å². The van der Waals surface area contributed by atoms with E-state index in [-0.39, 0.29) is 16.6 Å². The number of non-ortho nitro benzene ring substituents is 1. The van der Waals surface area contributed by atoms with Crippen LogP contribution in [-0.4, -0.2) is 15.9 Å². The van der Waals surface area contributed by atoms with Crippen molar-refractivity contribution in [3.05, 3.63) is 69.5 Å². The number of nitro groups is 1. The van der Waals surface area contributed by atoms with E-state index in [2.05, 4.69) is 10.6 Å². The largest absolute Gasteiger partial charge is 0.451 e. The van der Waals surface area contributed by atoms with Gasteiger partial charge in [0.15, 0.2) is 10.9 Å². The smallest absolute Gasteiger partial charge is 0.293 e. The van der Waals surface area contributed by atoms with Crippen molar-refractivity contribution in [3.8, 4) is 0 Å². The van der Waals surface area contributed by atoms with Crippen molar-refractivity contribution in [2.75, 3.05) is 5.32 Å². The van der Waals surface area contributed by atoms with Gasteiger partial charge in [-0.15, -0.1) is 0 Å². The van der Waals surface area contributed by atoms with E-state index in [1.165, 1.54) is 12.1 Å². The molecule has 2 N–H and O–H groups in total. The lowest BCUT2D eigenvalue weighted by molar-refractivity contribution is -0.384. The number of nitrogens with zero attached hydrogens (tertiary/aromatic N) is 1. The third-order valence-electron chi connectivity index (χ3n) is 3.95. The standard InChI is InChI=1S/C18H15N3O4S/c1-10-9-12(21(23)24)7-8-14(10)19-18(26)20-17(22)16-11(2)13-5-3-4-6-15(13)25-16/h3-9H,1-2H3,(H2,19,20,22,26). The molecular weight excluding hydrogens is 354 g/mol. The van der Waals surface area contributed by atoms with Gasteiger partial charge in [-0.3, -0.25) is 20.2 Å². The number of thiocarbonyl (C=S) groups is 1. The van der Waals surface area contributed by atoms with Crippen molar-refractivity contribution >= 4 is 45.6 Å². The molecule has 3 aromatic rings. The molecule has 0 aliphatic carbocycles. The predicted octanol–water partition coefficient (Wildman–Crippen LogP) is 4.08. The highest BCUT2D eigenvalue weighted by Gasteiger charge is 2.18. The maximum atomic E-state index is 12.4. The fraction of sp³-hybridized carbons (Fsp3) is 0.111. The van der Waals surface area contributed by atoms with Crippen molar-refractivity contribution in [3.63, 3.8) is 0 Å². The van der Waals surface area contributed by atoms with Crippen LogP contribution in [0.15, 0.2) is 46.9 Å². The quantitative estimate of drug-likeness (QED) is 0.410. The second kappa shape index (κ2) is 6.93. The minimum absolute atomic E-state index is 0.0131. The Morgan fingerprint density at radius 1 is 1.19 bits per heavy atom. The summed E-state index contributed by atoms with van der Waals surface area (Å²) in [5.74, 6) is -0.272. The van der Waals surface area contributed by atoms with Crippen LogP contribution in [0.25, 0.3) is 11.0 Å². The van der Waals surface area contributed by atoms with E-state index < -0.39 is 10.8 Å². The maximum Gasteiger partial charge on any atom is 0.293 e. The second-order valence-electron chi connectivity index (χ2n) is 5.72. The summed E-state index contributed by atoms with van der Waals surface area (Å²) in [7, 11) is 0. The molecule has 0 atom stereocenters. The van der Waals surface area contributed by atoms with Gasteiger partial charge in [0, 0.05) is 28.8 Å². The van der Waals surface area contributed by atoms with Crippen molar-refractivity contribution in [1.82, 2.24) is 5.32 Å². The van der Waals surface area contributed by atoms with Gasteiger partial charge >= 0.3 is 0 Å². The van der Waals surface area contributed by atoms with Crippen LogP contribution < -0.4 is 10.6 Å². The molecule has 0 aliphatic rings. The van der Waals surface area contributed by atoms with Gasteiger partial charge in [-0.2, -0.15) is 0 Å². The molecule has 0 radical (unpaired) electrons. The highest BCUT2D eigenvalue weighted by atomic mass is 32.1. The number of carbonyl (C=O) groups excluding carboxylic acids is 1. The first kappa shape index (κ1) is 17.6. The molecule has 1 amide bonds. The third-order valence-corrected chi connectivity index (χ3v) is 4.15. The zero-order chi connectivity index (χ0) is 18.8. The Kier molecular flexibility index (Phi) is 4.68. The number of nitrogens with one attached hydrogen (secondary N) is 2. The normalized spacial score (nSPS) is 10.5. The highest BCUT2D eigenvalue weighted by Crippen LogP contribution is 2.25. The first-order valence-corrected chi connectivity index (χ1v) is 8.13. The van der Waals surface area contributed by atoms with E-state index >= 15 is 0 Å². The zero-order valence-electron chi connectivity index (χ0n) is 14.0. The minimum Gasteiger partial charge on any atom is -0.451 e. The van der Waals surface area contributed by atoms with Gasteiger partial charge in [0.25, 0.3) is 11.6 Å². The van der Waals surface area contributed by atoms with Crippen molar-refractivity contribution < 1.29 is 14.1 Å². The Balaban J connectivity index is 1.74. The van der Waals surface area contributed by atoms with E-state index in [4.69, 9.17) is 16.6 Å². The molecule has 0 aliphatic heterocycles. The number of hydrogen-bond donors (Lipinski definition) is 2. The Hall–Kier alpha value is -3.26. The van der Waals surface area contributed by atoms with Crippen LogP contribution in [0.2, 0.25) is 0 Å². The number of carbonyl (C=O) groups is 1. The highest BCUT2D eigenvalue weighted by molar-refractivity contribution is 7.80. The minimum atomic E-state index is -0.471. The number of aryl methyl sites for hydroxylation is 2. The second-order valence-corrected chi connectivity index (χ2v) is 6.13. The average molecular weight is 369 g/mol. The molecule has 1 heterocycles. The number of hydrogen-bond acceptors (Lipinski definition) is 5. The maximum absolute atomic E-state index is 12.4. The molecule has 8 heteroatoms. The SMILES string of the molecule is Cc1cc([N+](=O)[O-])ccc1NC(=S)NC(=O)c1oc2ccccc2c1C. The molecule has 0 unspecified atom stereocenters. The summed E-state index contributed by atoms with van der Waals surface area (Å²) in [5, 5.41) is 17.2. The van der Waals surface area contributed by atoms with Gasteiger partial charge in [0.05, 0.1) is 4.92 Å². The van der Waals surface area contributed by atoms with E-state index in [1.54, 1.807) is 26.0 Å². The molecule has 0 saturated heterocycles. The molecule has 132 valence electrons. The first-order valence-electron chi connectivity index (χ1n) is 7.72. The lowest BCUT2D eigenvalue weighted by Gasteiger charge is -2.11. The topological polar surface area (TPSA) is 97.4 Å². The van der Waals surface area contributed by atoms with Gasteiger partial charge in [0.2, 0.25) is 0 Å². The summed E-state index contributed by atoms with van der Waals surface area (Å²) in [5.41, 5.74) is 2.55. The lowest BCUT2D eigenvalue weighted by atomic mass is 10.1. The van der Waals surface area contributed by atoms with E-state index in [9.17, 15) is 14.9 Å². The third kappa shape index (κ3) is 3.40. The number of furan rings is 1. The molecule has 0 fully saturated rings. The van der Waals surface area contributed by atoms with E-state index in [0.29, 0.717) is 16.8 Å². The molecule has 3 rings (SSSR count). The monoisotopic (exact) mass is 369 g/mol. The van der Waals surface area contributed by atoms with Crippen LogP contribution in [0.4, 0.5) is 11.4 Å². The number of para-hydroxylation sites is 1. The van der Waals surface area contributed by atoms with Crippen LogP contribution in [0, 0.1) is 24.0 Å². The van der Waals surface area contributed by atoms with Crippen LogP contribution >= 0.6 is 12.2 Å². The summed E-state index contributed by atoms with van der Waals surface area (Å²) in [4.78, 5) is 22.8. The first-order chi connectivity index (χ1) is 12.4. The average Bonchev–Trinajstić information content (AvgIpc) is 2.94. The van der Waals surface area contributed by atoms with Crippen LogP contribution in [0.1, 0.15) is 21.7 Å². The molecule has 0 saturated carbocycles. The lowest BCUT2D eigenvalue weighted by Crippen LogP contribution is -2.34. The van der Waals surface area contributed by atoms with Gasteiger partial charge in [-0.1, -0.05) is 18.2 Å². The molecule has 7 nitrogen and oxygen atoms in total. The Morgan fingerprint density at radius 2 is 1.92 bits per heavy atom. The number of anilines is 1. The predicted molar refractivity (Wildman–Crippen MR) is 102 cm³/mol. The molecule has 0 spiro atoms. The summed E-state index contributed by atoms with van der Waals surface area (Å²) in [6, 6.07) is 11.7. The molecule has 26 heavy (non-hydrogen) atoms. The summed E-state index contributed by atoms with van der Waals surface area (Å²) in [6.07, 6.45) is 0. The van der Waals surface area contributed by atoms with Gasteiger partial charge in [-0.05, 0) is 43.8 Å². The van der Waals surface area contributed by atoms with E-state index in [0.717, 1.165) is 10.9 Å². The zero-order valence-corrected chi connectivity index (χ0v) is 14.8. The fourth-order valence-corrected chi connectivity index (χ4v) is 2.81. The Morgan fingerprint density at radius 3 is 2.58 bits per heavy atom. The Bertz CT molecular complexity index is 1040. The number of amides is 1. The number of rotatable bonds is 3. The van der Waals surface area contributed by atoms with Crippen LogP contribution in [0.5, 0.6) is 0 Å². The molecule has 1 aromatic heterocycles. The number of benzene rings is 2. The summed E-state index contributed by atoms with van der Waals surface area (Å²) >= 11 is 5.16. The molecule has 0 bridgehead atoms. The fourth-order valence-electron chi connectivity index (χ4n) is 2.61. The van der Waals surface area contributed by atoms with Gasteiger partial charge in [0.1, 0.15) is 5.58 Å². The summed E-state index contributed by atoms with van der Waals surface area (Å²) < 4.78 is 5.60. The van der Waals surface area contributed by atoms with Crippen LogP contribution in [0.3, 0.4) is 0 Å².